The lowest BCUT2D eigenvalue weighted by molar-refractivity contribution is -0.0533. The van der Waals surface area contributed by atoms with Crippen LogP contribution in [0.4, 0.5) is 5.82 Å². The molecule has 14 heteroatoms. The molecule has 2 fully saturated rings. The zero-order chi connectivity index (χ0) is 22.3. The molecule has 5 rings (SSSR count). The summed E-state index contributed by atoms with van der Waals surface area (Å²) in [6, 6.07) is 3.71. The predicted octanol–water partition coefficient (Wildman–Crippen LogP) is 0.842. The van der Waals surface area contributed by atoms with E-state index in [1.54, 1.807) is 12.4 Å². The average Bonchev–Trinajstić information content (AvgIpc) is 3.35. The Bertz CT molecular complexity index is 1150. The van der Waals surface area contributed by atoms with Crippen molar-refractivity contribution in [2.45, 2.75) is 37.1 Å². The number of aliphatic hydroxyl groups excluding tert-OH is 2. The van der Waals surface area contributed by atoms with Crippen molar-refractivity contribution in [1.82, 2.24) is 24.5 Å². The van der Waals surface area contributed by atoms with Gasteiger partial charge in [-0.2, -0.15) is 0 Å². The van der Waals surface area contributed by atoms with Crippen molar-refractivity contribution in [3.63, 3.8) is 0 Å². The molecular weight excluding hydrogens is 459 g/mol. The highest BCUT2D eigenvalue weighted by atomic mass is 32.5. The first-order valence-corrected chi connectivity index (χ1v) is 12.4. The number of nitrogens with zero attached hydrogens (tertiary/aromatic N) is 5. The number of rotatable bonds is 5. The van der Waals surface area contributed by atoms with Crippen molar-refractivity contribution < 1.29 is 28.5 Å². The fourth-order valence-corrected chi connectivity index (χ4v) is 5.81. The number of nitrogen functional groups attached to an aromatic ring is 1. The molecule has 32 heavy (non-hydrogen) atoms. The number of hydrogen-bond donors (Lipinski definition) is 3. The molecule has 2 saturated heterocycles. The summed E-state index contributed by atoms with van der Waals surface area (Å²) >= 11 is 5.50. The van der Waals surface area contributed by atoms with Crippen molar-refractivity contribution in [3.8, 4) is 0 Å². The van der Waals surface area contributed by atoms with Crippen LogP contribution in [0.2, 0.25) is 0 Å². The molecule has 2 aliphatic heterocycles. The SMILES string of the molecule is Nc1ncnc2c1ncn2[C@@H]1O[C@H](COP2(=S)OCCC(c3ccncc3)O2)[C@H](O)C1O. The third-order valence-corrected chi connectivity index (χ3v) is 7.73. The molecule has 6 atom stereocenters. The molecule has 3 unspecified atom stereocenters. The number of fused-ring (bicyclic) bond motifs is 1. The lowest BCUT2D eigenvalue weighted by atomic mass is 10.1. The zero-order valence-electron chi connectivity index (χ0n) is 16.7. The molecule has 0 aromatic carbocycles. The monoisotopic (exact) mass is 480 g/mol. The normalized spacial score (nSPS) is 33.0. The average molecular weight is 480 g/mol. The van der Waals surface area contributed by atoms with Gasteiger partial charge in [0.15, 0.2) is 17.7 Å². The largest absolute Gasteiger partial charge is 0.387 e. The second-order valence-corrected chi connectivity index (χ2v) is 10.3. The van der Waals surface area contributed by atoms with E-state index in [0.717, 1.165) is 5.56 Å². The van der Waals surface area contributed by atoms with Crippen molar-refractivity contribution in [2.75, 3.05) is 18.9 Å². The summed E-state index contributed by atoms with van der Waals surface area (Å²) in [5, 5.41) is 21.1. The molecule has 0 aliphatic carbocycles. The Morgan fingerprint density at radius 2 is 2.03 bits per heavy atom. The van der Waals surface area contributed by atoms with Gasteiger partial charge in [-0.05, 0) is 29.5 Å². The molecule has 0 amide bonds. The van der Waals surface area contributed by atoms with Gasteiger partial charge < -0.3 is 34.3 Å². The van der Waals surface area contributed by atoms with Crippen LogP contribution in [-0.2, 0) is 30.1 Å². The smallest absolute Gasteiger partial charge is 0.327 e. The van der Waals surface area contributed by atoms with Gasteiger partial charge in [-0.25, -0.2) is 15.0 Å². The highest BCUT2D eigenvalue weighted by Gasteiger charge is 2.45. The van der Waals surface area contributed by atoms with Gasteiger partial charge in [0.2, 0.25) is 0 Å². The van der Waals surface area contributed by atoms with Crippen LogP contribution < -0.4 is 5.73 Å². The Labute approximate surface area is 187 Å². The zero-order valence-corrected chi connectivity index (χ0v) is 18.4. The van der Waals surface area contributed by atoms with E-state index in [9.17, 15) is 10.2 Å². The van der Waals surface area contributed by atoms with Crippen LogP contribution in [0.15, 0.2) is 37.2 Å². The van der Waals surface area contributed by atoms with Crippen LogP contribution in [0.1, 0.15) is 24.3 Å². The van der Waals surface area contributed by atoms with Gasteiger partial charge in [0.1, 0.15) is 30.2 Å². The second kappa shape index (κ2) is 8.69. The summed E-state index contributed by atoms with van der Waals surface area (Å²) in [6.45, 7) is -2.82. The third kappa shape index (κ3) is 4.02. The number of nitrogens with two attached hydrogens (primary N) is 1. The van der Waals surface area contributed by atoms with E-state index in [1.807, 2.05) is 12.1 Å². The van der Waals surface area contributed by atoms with Gasteiger partial charge in [-0.3, -0.25) is 9.55 Å². The molecule has 0 saturated carbocycles. The van der Waals surface area contributed by atoms with E-state index < -0.39 is 31.3 Å². The standard InChI is InChI=1S/C18H21N6O6PS/c19-16-13-17(22-8-21-16)24(9-23-13)18-15(26)14(25)12(29-18)7-28-31(32)27-6-3-11(30-31)10-1-4-20-5-2-10/h1-2,4-5,8-9,11-12,14-15,18,25-26H,3,6-7H2,(H2,19,21,22)/t11?,12-,14+,15?,18-,31?/m1/s1. The number of pyridine rings is 1. The molecule has 3 aromatic heterocycles. The predicted molar refractivity (Wildman–Crippen MR) is 115 cm³/mol. The summed E-state index contributed by atoms with van der Waals surface area (Å²) in [7, 11) is 0. The fourth-order valence-electron chi connectivity index (χ4n) is 3.70. The summed E-state index contributed by atoms with van der Waals surface area (Å²) < 4.78 is 24.8. The summed E-state index contributed by atoms with van der Waals surface area (Å²) in [6.07, 6.45) is 2.12. The van der Waals surface area contributed by atoms with Crippen LogP contribution in [0, 0.1) is 0 Å². The third-order valence-electron chi connectivity index (χ3n) is 5.36. The van der Waals surface area contributed by atoms with Gasteiger partial charge in [0.25, 0.3) is 0 Å². The van der Waals surface area contributed by atoms with Gasteiger partial charge in [0.05, 0.1) is 25.6 Å². The van der Waals surface area contributed by atoms with Crippen LogP contribution in [0.25, 0.3) is 11.2 Å². The van der Waals surface area contributed by atoms with Gasteiger partial charge in [0, 0.05) is 18.8 Å². The minimum atomic E-state index is -3.08. The van der Waals surface area contributed by atoms with Crippen molar-refractivity contribution in [1.29, 1.82) is 0 Å². The van der Waals surface area contributed by atoms with Crippen LogP contribution in [0.3, 0.4) is 0 Å². The number of aromatic nitrogens is 5. The maximum Gasteiger partial charge on any atom is 0.327 e. The molecule has 4 N–H and O–H groups in total. The molecule has 0 radical (unpaired) electrons. The summed E-state index contributed by atoms with van der Waals surface area (Å²) in [5.74, 6) is 0.204. The Kier molecular flexibility index (Phi) is 5.90. The van der Waals surface area contributed by atoms with Crippen LogP contribution in [0.5, 0.6) is 0 Å². The molecule has 0 spiro atoms. The van der Waals surface area contributed by atoms with Gasteiger partial charge in [-0.1, -0.05) is 0 Å². The Hall–Kier alpha value is -2.09. The number of hydrogen-bond acceptors (Lipinski definition) is 12. The number of anilines is 1. The lowest BCUT2D eigenvalue weighted by Crippen LogP contribution is -2.34. The number of imidazole rings is 1. The van der Waals surface area contributed by atoms with Crippen LogP contribution in [-0.4, -0.2) is 66.2 Å². The minimum absolute atomic E-state index is 0.126. The fraction of sp³-hybridized carbons (Fsp3) is 0.444. The topological polar surface area (TPSA) is 160 Å². The molecule has 2 aliphatic rings. The van der Waals surface area contributed by atoms with E-state index in [0.29, 0.717) is 24.2 Å². The summed E-state index contributed by atoms with van der Waals surface area (Å²) in [5.41, 5.74) is 7.50. The Morgan fingerprint density at radius 1 is 1.22 bits per heavy atom. The molecule has 170 valence electrons. The van der Waals surface area contributed by atoms with Gasteiger partial charge in [-0.15, -0.1) is 0 Å². The molecule has 0 bridgehead atoms. The van der Waals surface area contributed by atoms with E-state index >= 15 is 0 Å². The highest BCUT2D eigenvalue weighted by Crippen LogP contribution is 2.57. The number of aliphatic hydroxyl groups is 2. The minimum Gasteiger partial charge on any atom is -0.387 e. The van der Waals surface area contributed by atoms with Crippen molar-refractivity contribution >= 4 is 35.5 Å². The van der Waals surface area contributed by atoms with Gasteiger partial charge >= 0.3 is 6.72 Å². The van der Waals surface area contributed by atoms with E-state index in [2.05, 4.69) is 19.9 Å². The van der Waals surface area contributed by atoms with E-state index in [1.165, 1.54) is 17.2 Å². The van der Waals surface area contributed by atoms with Crippen molar-refractivity contribution in [2.24, 2.45) is 0 Å². The quantitative estimate of drug-likeness (QED) is 0.442. The number of ether oxygens (including phenoxy) is 1. The Balaban J connectivity index is 1.28. The van der Waals surface area contributed by atoms with Crippen LogP contribution >= 0.6 is 6.72 Å². The Morgan fingerprint density at radius 3 is 2.84 bits per heavy atom. The first kappa shape index (κ1) is 21.7. The molecular formula is C18H21N6O6PS. The first-order valence-electron chi connectivity index (χ1n) is 9.87. The van der Waals surface area contributed by atoms with Crippen molar-refractivity contribution in [3.05, 3.63) is 42.7 Å². The molecule has 3 aromatic rings. The molecule has 5 heterocycles. The molecule has 12 nitrogen and oxygen atoms in total. The van der Waals surface area contributed by atoms with E-state index in [4.69, 9.17) is 35.8 Å². The first-order chi connectivity index (χ1) is 15.5. The highest BCUT2D eigenvalue weighted by molar-refractivity contribution is 8.07. The second-order valence-electron chi connectivity index (χ2n) is 7.37. The van der Waals surface area contributed by atoms with E-state index in [-0.39, 0.29) is 18.5 Å². The lowest BCUT2D eigenvalue weighted by Gasteiger charge is -2.32. The summed E-state index contributed by atoms with van der Waals surface area (Å²) in [4.78, 5) is 16.2. The maximum atomic E-state index is 10.6. The maximum absolute atomic E-state index is 10.6.